The fraction of sp³-hybridized carbons (Fsp3) is 0.409. The van der Waals surface area contributed by atoms with Crippen LogP contribution >= 0.6 is 0 Å². The van der Waals surface area contributed by atoms with Crippen LogP contribution in [0.15, 0.2) is 54.6 Å². The van der Waals surface area contributed by atoms with Crippen LogP contribution in [0.1, 0.15) is 42.3 Å². The zero-order valence-corrected chi connectivity index (χ0v) is 18.2. The van der Waals surface area contributed by atoms with Gasteiger partial charge in [-0.1, -0.05) is 49.4 Å². The molecule has 0 aromatic heterocycles. The zero-order chi connectivity index (χ0) is 21.3. The molecule has 0 aliphatic rings. The maximum absolute atomic E-state index is 12.3. The second-order valence-corrected chi connectivity index (χ2v) is 9.16. The summed E-state index contributed by atoms with van der Waals surface area (Å²) in [5.41, 5.74) is 2.56. The SMILES string of the molecule is CCN(Cc1ccc(C(=O)NCCS(=O)(=O)NCc2ccccc2)cc1)C(C)C. The first-order chi connectivity index (χ1) is 13.8. The molecule has 0 unspecified atom stereocenters. The van der Waals surface area contributed by atoms with E-state index in [-0.39, 0.29) is 24.7 Å². The molecule has 0 saturated carbocycles. The average molecular weight is 418 g/mol. The van der Waals surface area contributed by atoms with Crippen molar-refractivity contribution in [3.05, 3.63) is 71.3 Å². The molecule has 7 heteroatoms. The summed E-state index contributed by atoms with van der Waals surface area (Å²) in [6.45, 7) is 8.55. The van der Waals surface area contributed by atoms with Crippen molar-refractivity contribution in [2.45, 2.75) is 39.9 Å². The molecule has 2 N–H and O–H groups in total. The van der Waals surface area contributed by atoms with Crippen molar-refractivity contribution in [1.82, 2.24) is 14.9 Å². The van der Waals surface area contributed by atoms with Gasteiger partial charge in [0, 0.05) is 31.2 Å². The Morgan fingerprint density at radius 2 is 1.66 bits per heavy atom. The van der Waals surface area contributed by atoms with Crippen LogP contribution in [0, 0.1) is 0 Å². The summed E-state index contributed by atoms with van der Waals surface area (Å²) in [4.78, 5) is 14.6. The van der Waals surface area contributed by atoms with Crippen molar-refractivity contribution >= 4 is 15.9 Å². The van der Waals surface area contributed by atoms with Gasteiger partial charge in [0.1, 0.15) is 0 Å². The van der Waals surface area contributed by atoms with Crippen molar-refractivity contribution in [2.75, 3.05) is 18.8 Å². The van der Waals surface area contributed by atoms with Gasteiger partial charge in [0.15, 0.2) is 0 Å². The minimum atomic E-state index is -3.46. The number of carbonyl (C=O) groups excluding carboxylic acids is 1. The Balaban J connectivity index is 1.79. The first-order valence-corrected chi connectivity index (χ1v) is 11.6. The molecule has 6 nitrogen and oxygen atoms in total. The summed E-state index contributed by atoms with van der Waals surface area (Å²) in [5.74, 6) is -0.435. The Morgan fingerprint density at radius 3 is 2.24 bits per heavy atom. The lowest BCUT2D eigenvalue weighted by Crippen LogP contribution is -2.34. The predicted octanol–water partition coefficient (Wildman–Crippen LogP) is 2.77. The zero-order valence-electron chi connectivity index (χ0n) is 17.4. The topological polar surface area (TPSA) is 78.5 Å². The van der Waals surface area contributed by atoms with Crippen LogP contribution in [-0.2, 0) is 23.1 Å². The monoisotopic (exact) mass is 417 g/mol. The molecule has 0 heterocycles. The van der Waals surface area contributed by atoms with E-state index in [1.807, 2.05) is 42.5 Å². The highest BCUT2D eigenvalue weighted by atomic mass is 32.2. The molecule has 2 rings (SSSR count). The summed E-state index contributed by atoms with van der Waals surface area (Å²) in [7, 11) is -3.46. The lowest BCUT2D eigenvalue weighted by atomic mass is 10.1. The fourth-order valence-electron chi connectivity index (χ4n) is 2.92. The van der Waals surface area contributed by atoms with Gasteiger partial charge >= 0.3 is 0 Å². The molecule has 29 heavy (non-hydrogen) atoms. The number of hydrogen-bond acceptors (Lipinski definition) is 4. The van der Waals surface area contributed by atoms with Crippen LogP contribution in [0.4, 0.5) is 0 Å². The van der Waals surface area contributed by atoms with Crippen LogP contribution in [0.5, 0.6) is 0 Å². The summed E-state index contributed by atoms with van der Waals surface area (Å²) >= 11 is 0. The Morgan fingerprint density at radius 1 is 1.00 bits per heavy atom. The van der Waals surface area contributed by atoms with Gasteiger partial charge in [0.2, 0.25) is 10.0 Å². The van der Waals surface area contributed by atoms with Gasteiger partial charge in [0.25, 0.3) is 5.91 Å². The summed E-state index contributed by atoms with van der Waals surface area (Å²) in [6.07, 6.45) is 0. The van der Waals surface area contributed by atoms with E-state index in [0.29, 0.717) is 11.6 Å². The standard InChI is InChI=1S/C22H31N3O3S/c1-4-25(18(2)3)17-20-10-12-21(13-11-20)22(26)23-14-15-29(27,28)24-16-19-8-6-5-7-9-19/h5-13,18,24H,4,14-17H2,1-3H3,(H,23,26). The molecule has 0 bridgehead atoms. The van der Waals surface area contributed by atoms with Gasteiger partial charge in [-0.3, -0.25) is 9.69 Å². The highest BCUT2D eigenvalue weighted by Gasteiger charge is 2.12. The molecule has 0 atom stereocenters. The van der Waals surface area contributed by atoms with E-state index in [1.54, 1.807) is 12.1 Å². The molecule has 0 radical (unpaired) electrons. The molecular formula is C22H31N3O3S. The molecular weight excluding hydrogens is 386 g/mol. The number of hydrogen-bond donors (Lipinski definition) is 2. The normalized spacial score (nSPS) is 11.8. The largest absolute Gasteiger partial charge is 0.351 e. The minimum Gasteiger partial charge on any atom is -0.351 e. The van der Waals surface area contributed by atoms with Gasteiger partial charge < -0.3 is 5.32 Å². The number of rotatable bonds is 11. The van der Waals surface area contributed by atoms with Crippen molar-refractivity contribution in [3.8, 4) is 0 Å². The van der Waals surface area contributed by atoms with E-state index in [2.05, 4.69) is 35.7 Å². The van der Waals surface area contributed by atoms with Crippen molar-refractivity contribution in [3.63, 3.8) is 0 Å². The lowest BCUT2D eigenvalue weighted by molar-refractivity contribution is 0.0956. The van der Waals surface area contributed by atoms with Gasteiger partial charge in [-0.15, -0.1) is 0 Å². The Hall–Kier alpha value is -2.22. The molecule has 0 aliphatic heterocycles. The molecule has 2 aromatic carbocycles. The third-order valence-corrected chi connectivity index (χ3v) is 6.06. The smallest absolute Gasteiger partial charge is 0.251 e. The molecule has 0 fully saturated rings. The maximum atomic E-state index is 12.3. The van der Waals surface area contributed by atoms with E-state index >= 15 is 0 Å². The Bertz CT molecular complexity index is 866. The molecule has 158 valence electrons. The predicted molar refractivity (Wildman–Crippen MR) is 117 cm³/mol. The third-order valence-electron chi connectivity index (χ3n) is 4.73. The number of nitrogens with zero attached hydrogens (tertiary/aromatic N) is 1. The summed E-state index contributed by atoms with van der Waals surface area (Å²) in [6, 6.07) is 17.2. The van der Waals surface area contributed by atoms with Gasteiger partial charge in [0.05, 0.1) is 5.75 Å². The minimum absolute atomic E-state index is 0.0572. The van der Waals surface area contributed by atoms with E-state index in [0.717, 1.165) is 24.2 Å². The summed E-state index contributed by atoms with van der Waals surface area (Å²) < 4.78 is 26.7. The molecule has 1 amide bonds. The van der Waals surface area contributed by atoms with E-state index in [9.17, 15) is 13.2 Å². The summed E-state index contributed by atoms with van der Waals surface area (Å²) in [5, 5.41) is 2.67. The lowest BCUT2D eigenvalue weighted by Gasteiger charge is -2.24. The third kappa shape index (κ3) is 7.97. The van der Waals surface area contributed by atoms with Gasteiger partial charge in [-0.2, -0.15) is 0 Å². The number of amides is 1. The molecule has 0 aliphatic carbocycles. The molecule has 2 aromatic rings. The van der Waals surface area contributed by atoms with Gasteiger partial charge in [-0.25, -0.2) is 13.1 Å². The quantitative estimate of drug-likeness (QED) is 0.589. The van der Waals surface area contributed by atoms with Gasteiger partial charge in [-0.05, 0) is 43.7 Å². The van der Waals surface area contributed by atoms with Crippen LogP contribution in [0.2, 0.25) is 0 Å². The first-order valence-electron chi connectivity index (χ1n) is 9.93. The Labute approximate surface area is 174 Å². The second-order valence-electron chi connectivity index (χ2n) is 7.24. The number of sulfonamides is 1. The molecule has 0 spiro atoms. The van der Waals surface area contributed by atoms with Crippen LogP contribution in [0.25, 0.3) is 0 Å². The second kappa shape index (κ2) is 11.1. The fourth-order valence-corrected chi connectivity index (χ4v) is 3.82. The van der Waals surface area contributed by atoms with Crippen molar-refractivity contribution in [1.29, 1.82) is 0 Å². The van der Waals surface area contributed by atoms with Crippen molar-refractivity contribution in [2.24, 2.45) is 0 Å². The van der Waals surface area contributed by atoms with Crippen molar-refractivity contribution < 1.29 is 13.2 Å². The molecule has 0 saturated heterocycles. The van der Waals surface area contributed by atoms with E-state index in [4.69, 9.17) is 0 Å². The highest BCUT2D eigenvalue weighted by molar-refractivity contribution is 7.89. The average Bonchev–Trinajstić information content (AvgIpc) is 2.71. The maximum Gasteiger partial charge on any atom is 0.251 e. The van der Waals surface area contributed by atoms with Crippen LogP contribution in [-0.4, -0.2) is 44.1 Å². The number of carbonyl (C=O) groups is 1. The van der Waals surface area contributed by atoms with E-state index in [1.165, 1.54) is 0 Å². The number of nitrogens with one attached hydrogen (secondary N) is 2. The van der Waals surface area contributed by atoms with E-state index < -0.39 is 10.0 Å². The Kier molecular flexibility index (Phi) is 8.82. The number of benzene rings is 2. The van der Waals surface area contributed by atoms with Crippen LogP contribution in [0.3, 0.4) is 0 Å². The highest BCUT2D eigenvalue weighted by Crippen LogP contribution is 2.10. The van der Waals surface area contributed by atoms with Crippen LogP contribution < -0.4 is 10.0 Å². The first kappa shape index (κ1) is 23.1.